The Hall–Kier alpha value is -1.33. The molecule has 2 aromatic carbocycles. The van der Waals surface area contributed by atoms with Gasteiger partial charge in [-0.3, -0.25) is 0 Å². The maximum Gasteiger partial charge on any atom is 0.131 e. The highest BCUT2D eigenvalue weighted by Crippen LogP contribution is 2.28. The van der Waals surface area contributed by atoms with Crippen molar-refractivity contribution in [1.82, 2.24) is 0 Å². The number of halogens is 3. The van der Waals surface area contributed by atoms with Crippen molar-refractivity contribution >= 4 is 23.2 Å². The number of hydrogen-bond acceptors (Lipinski definition) is 3. The Labute approximate surface area is 131 Å². The predicted octanol–water partition coefficient (Wildman–Crippen LogP) is 3.70. The van der Waals surface area contributed by atoms with Gasteiger partial charge in [-0.25, -0.2) is 4.39 Å². The van der Waals surface area contributed by atoms with Crippen LogP contribution in [0.4, 0.5) is 4.39 Å². The molecule has 0 unspecified atom stereocenters. The maximum atomic E-state index is 13.3. The van der Waals surface area contributed by atoms with Crippen molar-refractivity contribution in [3.8, 4) is 5.75 Å². The molecule has 3 nitrogen and oxygen atoms in total. The lowest BCUT2D eigenvalue weighted by Gasteiger charge is -2.14. The molecule has 0 fully saturated rings. The van der Waals surface area contributed by atoms with Gasteiger partial charge < -0.3 is 14.9 Å². The van der Waals surface area contributed by atoms with Gasteiger partial charge >= 0.3 is 0 Å². The molecule has 112 valence electrons. The Morgan fingerprint density at radius 1 is 0.952 bits per heavy atom. The van der Waals surface area contributed by atoms with Gasteiger partial charge in [0.15, 0.2) is 0 Å². The van der Waals surface area contributed by atoms with Gasteiger partial charge in [-0.05, 0) is 29.8 Å². The summed E-state index contributed by atoms with van der Waals surface area (Å²) in [6.45, 7) is -0.620. The van der Waals surface area contributed by atoms with E-state index in [-0.39, 0.29) is 36.7 Å². The first-order valence-electron chi connectivity index (χ1n) is 6.15. The van der Waals surface area contributed by atoms with Gasteiger partial charge in [0.05, 0.1) is 23.3 Å². The van der Waals surface area contributed by atoms with Crippen LogP contribution in [-0.4, -0.2) is 10.2 Å². The van der Waals surface area contributed by atoms with Gasteiger partial charge in [-0.1, -0.05) is 29.3 Å². The third-order valence-corrected chi connectivity index (χ3v) is 3.65. The lowest BCUT2D eigenvalue weighted by molar-refractivity contribution is 0.241. The number of rotatable bonds is 5. The van der Waals surface area contributed by atoms with Crippen molar-refractivity contribution in [1.29, 1.82) is 0 Å². The standard InChI is InChI=1S/C15H13Cl2FO3/c16-13-2-1-9(3-14(13)17)8-21-15-10(6-19)4-12(18)5-11(15)7-20/h1-5,19-20H,6-8H2. The Morgan fingerprint density at radius 3 is 2.10 bits per heavy atom. The Morgan fingerprint density at radius 2 is 1.57 bits per heavy atom. The molecule has 2 aromatic rings. The molecule has 0 spiro atoms. The molecule has 0 bridgehead atoms. The highest BCUT2D eigenvalue weighted by atomic mass is 35.5. The van der Waals surface area contributed by atoms with E-state index in [2.05, 4.69) is 0 Å². The molecule has 0 atom stereocenters. The Balaban J connectivity index is 2.24. The zero-order valence-electron chi connectivity index (χ0n) is 10.9. The van der Waals surface area contributed by atoms with Crippen molar-refractivity contribution in [2.45, 2.75) is 19.8 Å². The van der Waals surface area contributed by atoms with Gasteiger partial charge in [0.2, 0.25) is 0 Å². The van der Waals surface area contributed by atoms with Crippen LogP contribution in [0.5, 0.6) is 5.75 Å². The van der Waals surface area contributed by atoms with E-state index < -0.39 is 5.82 Å². The number of hydrogen-bond donors (Lipinski definition) is 2. The van der Waals surface area contributed by atoms with Gasteiger partial charge in [-0.15, -0.1) is 0 Å². The van der Waals surface area contributed by atoms with E-state index in [0.29, 0.717) is 10.0 Å². The molecule has 0 aliphatic rings. The van der Waals surface area contributed by atoms with E-state index in [0.717, 1.165) is 5.56 Å². The molecule has 0 aromatic heterocycles. The molecule has 0 heterocycles. The fourth-order valence-corrected chi connectivity index (χ4v) is 2.24. The van der Waals surface area contributed by atoms with Crippen molar-refractivity contribution in [3.05, 3.63) is 62.9 Å². The largest absolute Gasteiger partial charge is 0.488 e. The van der Waals surface area contributed by atoms with Crippen LogP contribution in [0, 0.1) is 5.82 Å². The summed E-state index contributed by atoms with van der Waals surface area (Å²) in [7, 11) is 0. The summed E-state index contributed by atoms with van der Waals surface area (Å²) < 4.78 is 18.9. The second-order valence-corrected chi connectivity index (χ2v) is 5.22. The normalized spacial score (nSPS) is 10.7. The van der Waals surface area contributed by atoms with Crippen LogP contribution in [0.15, 0.2) is 30.3 Å². The van der Waals surface area contributed by atoms with Crippen LogP contribution >= 0.6 is 23.2 Å². The first-order chi connectivity index (χ1) is 10.0. The SMILES string of the molecule is OCc1cc(F)cc(CO)c1OCc1ccc(Cl)c(Cl)c1. The second-order valence-electron chi connectivity index (χ2n) is 4.41. The molecular formula is C15H13Cl2FO3. The van der Waals surface area contributed by atoms with E-state index in [1.165, 1.54) is 12.1 Å². The molecule has 0 aliphatic heterocycles. The van der Waals surface area contributed by atoms with E-state index >= 15 is 0 Å². The van der Waals surface area contributed by atoms with Crippen LogP contribution in [0.1, 0.15) is 16.7 Å². The summed E-state index contributed by atoms with van der Waals surface area (Å²) in [5.41, 5.74) is 1.32. The minimum absolute atomic E-state index is 0.155. The first-order valence-corrected chi connectivity index (χ1v) is 6.90. The molecule has 0 radical (unpaired) electrons. The summed E-state index contributed by atoms with van der Waals surface area (Å²) in [6.07, 6.45) is 0. The zero-order valence-corrected chi connectivity index (χ0v) is 12.5. The monoisotopic (exact) mass is 330 g/mol. The van der Waals surface area contributed by atoms with Gasteiger partial charge in [0, 0.05) is 11.1 Å². The molecule has 2 N–H and O–H groups in total. The average Bonchev–Trinajstić information content (AvgIpc) is 2.48. The van der Waals surface area contributed by atoms with E-state index in [4.69, 9.17) is 27.9 Å². The van der Waals surface area contributed by atoms with E-state index in [1.54, 1.807) is 18.2 Å². The third kappa shape index (κ3) is 3.86. The second kappa shape index (κ2) is 7.09. The summed E-state index contributed by atoms with van der Waals surface area (Å²) in [5.74, 6) is -0.266. The highest BCUT2D eigenvalue weighted by molar-refractivity contribution is 6.42. The third-order valence-electron chi connectivity index (χ3n) is 2.92. The lowest BCUT2D eigenvalue weighted by atomic mass is 10.1. The van der Waals surface area contributed by atoms with Crippen molar-refractivity contribution in [3.63, 3.8) is 0 Å². The fraction of sp³-hybridized carbons (Fsp3) is 0.200. The Bertz CT molecular complexity index is 622. The average molecular weight is 331 g/mol. The molecule has 21 heavy (non-hydrogen) atoms. The van der Waals surface area contributed by atoms with Gasteiger partial charge in [0.1, 0.15) is 18.2 Å². The summed E-state index contributed by atoms with van der Waals surface area (Å²) in [4.78, 5) is 0. The predicted molar refractivity (Wildman–Crippen MR) is 79.0 cm³/mol. The van der Waals surface area contributed by atoms with Gasteiger partial charge in [0.25, 0.3) is 0 Å². The lowest BCUT2D eigenvalue weighted by Crippen LogP contribution is -2.03. The van der Waals surface area contributed by atoms with Crippen molar-refractivity contribution in [2.75, 3.05) is 0 Å². The summed E-state index contributed by atoms with van der Waals surface area (Å²) >= 11 is 11.7. The summed E-state index contributed by atoms with van der Waals surface area (Å²) in [6, 6.07) is 7.39. The smallest absolute Gasteiger partial charge is 0.131 e. The van der Waals surface area contributed by atoms with Crippen LogP contribution in [-0.2, 0) is 19.8 Å². The van der Waals surface area contributed by atoms with Crippen LogP contribution < -0.4 is 4.74 Å². The van der Waals surface area contributed by atoms with Crippen LogP contribution in [0.3, 0.4) is 0 Å². The quantitative estimate of drug-likeness (QED) is 0.878. The molecule has 6 heteroatoms. The zero-order chi connectivity index (χ0) is 15.4. The van der Waals surface area contributed by atoms with Gasteiger partial charge in [-0.2, -0.15) is 0 Å². The molecule has 0 saturated heterocycles. The first kappa shape index (κ1) is 16.0. The maximum absolute atomic E-state index is 13.3. The summed E-state index contributed by atoms with van der Waals surface area (Å²) in [5, 5.41) is 19.4. The van der Waals surface area contributed by atoms with E-state index in [1.807, 2.05) is 0 Å². The van der Waals surface area contributed by atoms with E-state index in [9.17, 15) is 14.6 Å². The Kier molecular flexibility index (Phi) is 5.42. The molecule has 0 amide bonds. The minimum atomic E-state index is -0.537. The topological polar surface area (TPSA) is 49.7 Å². The fourth-order valence-electron chi connectivity index (χ4n) is 1.92. The molecule has 0 saturated carbocycles. The van der Waals surface area contributed by atoms with Crippen LogP contribution in [0.25, 0.3) is 0 Å². The minimum Gasteiger partial charge on any atom is -0.488 e. The molecule has 2 rings (SSSR count). The van der Waals surface area contributed by atoms with Crippen LogP contribution in [0.2, 0.25) is 10.0 Å². The number of ether oxygens (including phenoxy) is 1. The number of aliphatic hydroxyl groups excluding tert-OH is 2. The van der Waals surface area contributed by atoms with Crippen molar-refractivity contribution < 1.29 is 19.3 Å². The molecule has 0 aliphatic carbocycles. The highest BCUT2D eigenvalue weighted by Gasteiger charge is 2.12. The number of aliphatic hydroxyl groups is 2. The number of benzene rings is 2. The van der Waals surface area contributed by atoms with Crippen molar-refractivity contribution in [2.24, 2.45) is 0 Å². The molecular weight excluding hydrogens is 318 g/mol.